The quantitative estimate of drug-likeness (QED) is 0.778. The molecule has 18 heavy (non-hydrogen) atoms. The average Bonchev–Trinajstić information content (AvgIpc) is 2.38. The molecule has 0 aromatic heterocycles. The molecule has 0 aliphatic rings. The van der Waals surface area contributed by atoms with Crippen LogP contribution in [0.5, 0.6) is 11.5 Å². The number of ether oxygens (including phenoxy) is 2. The van der Waals surface area contributed by atoms with Gasteiger partial charge in [0.2, 0.25) is 0 Å². The van der Waals surface area contributed by atoms with Crippen LogP contribution in [0.1, 0.15) is 19.4 Å². The van der Waals surface area contributed by atoms with Gasteiger partial charge >= 0.3 is 0 Å². The SMILES string of the molecule is COc1ccc(CN[C@H](CO)C(C)C)cc1OC. The molecule has 1 rings (SSSR count). The summed E-state index contributed by atoms with van der Waals surface area (Å²) in [4.78, 5) is 0. The number of benzene rings is 1. The van der Waals surface area contributed by atoms with Crippen LogP contribution >= 0.6 is 0 Å². The number of hydrogen-bond acceptors (Lipinski definition) is 4. The number of methoxy groups -OCH3 is 2. The Labute approximate surface area is 109 Å². The zero-order valence-electron chi connectivity index (χ0n) is 11.6. The van der Waals surface area contributed by atoms with Crippen LogP contribution in [0.15, 0.2) is 18.2 Å². The average molecular weight is 253 g/mol. The monoisotopic (exact) mass is 253 g/mol. The Morgan fingerprint density at radius 3 is 2.33 bits per heavy atom. The molecule has 0 unspecified atom stereocenters. The van der Waals surface area contributed by atoms with Crippen molar-refractivity contribution in [3.05, 3.63) is 23.8 Å². The van der Waals surface area contributed by atoms with Gasteiger partial charge in [-0.3, -0.25) is 0 Å². The lowest BCUT2D eigenvalue weighted by atomic mass is 10.0. The van der Waals surface area contributed by atoms with Crippen LogP contribution in [-0.4, -0.2) is 32.0 Å². The van der Waals surface area contributed by atoms with Crippen molar-refractivity contribution in [3.63, 3.8) is 0 Å². The van der Waals surface area contributed by atoms with Crippen molar-refractivity contribution in [2.45, 2.75) is 26.4 Å². The van der Waals surface area contributed by atoms with Gasteiger partial charge in [-0.2, -0.15) is 0 Å². The third-order valence-corrected chi connectivity index (χ3v) is 3.02. The second-order valence-corrected chi connectivity index (χ2v) is 4.60. The molecule has 0 aliphatic heterocycles. The summed E-state index contributed by atoms with van der Waals surface area (Å²) in [6.07, 6.45) is 0. The summed E-state index contributed by atoms with van der Waals surface area (Å²) >= 11 is 0. The lowest BCUT2D eigenvalue weighted by molar-refractivity contribution is 0.210. The maximum atomic E-state index is 9.25. The summed E-state index contributed by atoms with van der Waals surface area (Å²) < 4.78 is 10.4. The molecule has 0 fully saturated rings. The molecule has 0 heterocycles. The molecule has 0 spiro atoms. The van der Waals surface area contributed by atoms with Crippen molar-refractivity contribution in [3.8, 4) is 11.5 Å². The van der Waals surface area contributed by atoms with E-state index in [4.69, 9.17) is 9.47 Å². The van der Waals surface area contributed by atoms with Crippen molar-refractivity contribution in [1.29, 1.82) is 0 Å². The fourth-order valence-corrected chi connectivity index (χ4v) is 1.75. The fraction of sp³-hybridized carbons (Fsp3) is 0.571. The summed E-state index contributed by atoms with van der Waals surface area (Å²) in [6.45, 7) is 5.01. The van der Waals surface area contributed by atoms with Crippen LogP contribution in [0.2, 0.25) is 0 Å². The van der Waals surface area contributed by atoms with E-state index in [1.165, 1.54) is 0 Å². The van der Waals surface area contributed by atoms with Crippen LogP contribution in [0, 0.1) is 5.92 Å². The maximum Gasteiger partial charge on any atom is 0.161 e. The van der Waals surface area contributed by atoms with Crippen molar-refractivity contribution in [1.82, 2.24) is 5.32 Å². The zero-order valence-corrected chi connectivity index (χ0v) is 11.6. The smallest absolute Gasteiger partial charge is 0.161 e. The van der Waals surface area contributed by atoms with Gasteiger partial charge in [0.05, 0.1) is 20.8 Å². The first-order valence-corrected chi connectivity index (χ1v) is 6.17. The van der Waals surface area contributed by atoms with E-state index >= 15 is 0 Å². The molecular formula is C14H23NO3. The predicted octanol–water partition coefficient (Wildman–Crippen LogP) is 1.81. The van der Waals surface area contributed by atoms with E-state index in [2.05, 4.69) is 19.2 Å². The highest BCUT2D eigenvalue weighted by atomic mass is 16.5. The van der Waals surface area contributed by atoms with E-state index in [9.17, 15) is 5.11 Å². The van der Waals surface area contributed by atoms with E-state index in [0.29, 0.717) is 12.5 Å². The predicted molar refractivity (Wildman–Crippen MR) is 72.1 cm³/mol. The normalized spacial score (nSPS) is 12.6. The van der Waals surface area contributed by atoms with E-state index in [1.54, 1.807) is 14.2 Å². The minimum absolute atomic E-state index is 0.109. The number of nitrogens with one attached hydrogen (secondary N) is 1. The number of hydrogen-bond donors (Lipinski definition) is 2. The summed E-state index contributed by atoms with van der Waals surface area (Å²) in [7, 11) is 3.25. The second-order valence-electron chi connectivity index (χ2n) is 4.60. The fourth-order valence-electron chi connectivity index (χ4n) is 1.75. The Kier molecular flexibility index (Phi) is 5.95. The largest absolute Gasteiger partial charge is 0.493 e. The lowest BCUT2D eigenvalue weighted by Gasteiger charge is -2.20. The summed E-state index contributed by atoms with van der Waals surface area (Å²) in [5, 5.41) is 12.6. The maximum absolute atomic E-state index is 9.25. The highest BCUT2D eigenvalue weighted by Gasteiger charge is 2.11. The molecule has 1 aromatic rings. The zero-order chi connectivity index (χ0) is 13.5. The standard InChI is InChI=1S/C14H23NO3/c1-10(2)12(9-16)15-8-11-5-6-13(17-3)14(7-11)18-4/h5-7,10,12,15-16H,8-9H2,1-4H3/t12-/m1/s1. The van der Waals surface area contributed by atoms with Gasteiger partial charge in [0.25, 0.3) is 0 Å². The third kappa shape index (κ3) is 3.89. The summed E-state index contributed by atoms with van der Waals surface area (Å²) in [5.74, 6) is 1.85. The molecule has 102 valence electrons. The van der Waals surface area contributed by atoms with Gasteiger partial charge in [0.1, 0.15) is 0 Å². The molecule has 0 saturated heterocycles. The highest BCUT2D eigenvalue weighted by Crippen LogP contribution is 2.27. The number of aliphatic hydroxyl groups excluding tert-OH is 1. The van der Waals surface area contributed by atoms with Gasteiger partial charge in [-0.1, -0.05) is 19.9 Å². The Balaban J connectivity index is 2.67. The topological polar surface area (TPSA) is 50.7 Å². The van der Waals surface area contributed by atoms with Gasteiger partial charge in [-0.15, -0.1) is 0 Å². The van der Waals surface area contributed by atoms with Crippen LogP contribution in [-0.2, 0) is 6.54 Å². The van der Waals surface area contributed by atoms with Crippen LogP contribution in [0.3, 0.4) is 0 Å². The molecule has 0 aliphatic carbocycles. The Bertz CT molecular complexity index is 366. The Morgan fingerprint density at radius 1 is 1.17 bits per heavy atom. The molecule has 0 amide bonds. The Hall–Kier alpha value is -1.26. The lowest BCUT2D eigenvalue weighted by Crippen LogP contribution is -2.36. The van der Waals surface area contributed by atoms with Gasteiger partial charge in [-0.25, -0.2) is 0 Å². The summed E-state index contributed by atoms with van der Waals surface area (Å²) in [5.41, 5.74) is 1.10. The van der Waals surface area contributed by atoms with E-state index in [0.717, 1.165) is 17.1 Å². The second kappa shape index (κ2) is 7.24. The van der Waals surface area contributed by atoms with Gasteiger partial charge < -0.3 is 19.9 Å². The third-order valence-electron chi connectivity index (χ3n) is 3.02. The van der Waals surface area contributed by atoms with E-state index in [1.807, 2.05) is 18.2 Å². The van der Waals surface area contributed by atoms with Crippen LogP contribution < -0.4 is 14.8 Å². The van der Waals surface area contributed by atoms with Crippen LogP contribution in [0.25, 0.3) is 0 Å². The molecular weight excluding hydrogens is 230 g/mol. The summed E-state index contributed by atoms with van der Waals surface area (Å²) in [6, 6.07) is 5.93. The molecule has 2 N–H and O–H groups in total. The van der Waals surface area contributed by atoms with Crippen molar-refractivity contribution < 1.29 is 14.6 Å². The molecule has 1 atom stereocenters. The molecule has 0 saturated carbocycles. The minimum atomic E-state index is 0.109. The van der Waals surface area contributed by atoms with E-state index in [-0.39, 0.29) is 12.6 Å². The van der Waals surface area contributed by atoms with E-state index < -0.39 is 0 Å². The molecule has 1 aromatic carbocycles. The highest BCUT2D eigenvalue weighted by molar-refractivity contribution is 5.42. The molecule has 4 nitrogen and oxygen atoms in total. The number of aliphatic hydroxyl groups is 1. The van der Waals surface area contributed by atoms with Gasteiger partial charge in [0.15, 0.2) is 11.5 Å². The first-order valence-electron chi connectivity index (χ1n) is 6.17. The van der Waals surface area contributed by atoms with Gasteiger partial charge in [0, 0.05) is 12.6 Å². The Morgan fingerprint density at radius 2 is 1.83 bits per heavy atom. The molecule has 4 heteroatoms. The van der Waals surface area contributed by atoms with Gasteiger partial charge in [-0.05, 0) is 23.6 Å². The minimum Gasteiger partial charge on any atom is -0.493 e. The first-order chi connectivity index (χ1) is 8.62. The van der Waals surface area contributed by atoms with Crippen molar-refractivity contribution >= 4 is 0 Å². The number of rotatable bonds is 7. The van der Waals surface area contributed by atoms with Crippen molar-refractivity contribution in [2.24, 2.45) is 5.92 Å². The van der Waals surface area contributed by atoms with Crippen LogP contribution in [0.4, 0.5) is 0 Å². The van der Waals surface area contributed by atoms with Crippen molar-refractivity contribution in [2.75, 3.05) is 20.8 Å². The molecule has 0 bridgehead atoms. The first kappa shape index (κ1) is 14.8. The molecule has 0 radical (unpaired) electrons.